The third-order valence-electron chi connectivity index (χ3n) is 7.11. The predicted octanol–water partition coefficient (Wildman–Crippen LogP) is 4.68. The van der Waals surface area contributed by atoms with E-state index in [1.54, 1.807) is 14.0 Å². The average Bonchev–Trinajstić information content (AvgIpc) is 2.90. The Morgan fingerprint density at radius 3 is 2.33 bits per heavy atom. The van der Waals surface area contributed by atoms with Crippen LogP contribution in [0.3, 0.4) is 0 Å². The highest BCUT2D eigenvalue weighted by Gasteiger charge is 2.49. The van der Waals surface area contributed by atoms with Gasteiger partial charge in [0.05, 0.1) is 24.3 Å². The SMILES string of the molecule is C=Nc1nc(OC)c(N2CCN(C(C)C)CC2)cc1C(=NC)N[C@H](C)c1cccc(C(F)(F)C(C)(C)O)c1F. The van der Waals surface area contributed by atoms with Crippen molar-refractivity contribution in [2.75, 3.05) is 45.2 Å². The van der Waals surface area contributed by atoms with E-state index in [0.29, 0.717) is 23.3 Å². The highest BCUT2D eigenvalue weighted by molar-refractivity contribution is 6.03. The van der Waals surface area contributed by atoms with Crippen LogP contribution >= 0.6 is 0 Å². The molecule has 0 aliphatic carbocycles. The Kier molecular flexibility index (Phi) is 9.27. The van der Waals surface area contributed by atoms with Crippen molar-refractivity contribution in [1.29, 1.82) is 0 Å². The van der Waals surface area contributed by atoms with Gasteiger partial charge in [-0.3, -0.25) is 9.89 Å². The fourth-order valence-corrected chi connectivity index (χ4v) is 4.63. The molecule has 2 heterocycles. The minimum atomic E-state index is -3.80. The van der Waals surface area contributed by atoms with Crippen molar-refractivity contribution >= 4 is 24.1 Å². The van der Waals surface area contributed by atoms with Gasteiger partial charge in [-0.2, -0.15) is 13.8 Å². The Bertz CT molecular complexity index is 1200. The zero-order chi connectivity index (χ0) is 29.1. The van der Waals surface area contributed by atoms with Crippen molar-refractivity contribution in [2.45, 2.75) is 58.2 Å². The van der Waals surface area contributed by atoms with Crippen LogP contribution in [0.25, 0.3) is 0 Å². The van der Waals surface area contributed by atoms with Crippen molar-refractivity contribution in [3.05, 3.63) is 46.8 Å². The molecule has 1 fully saturated rings. The smallest absolute Gasteiger partial charge is 0.303 e. The minimum Gasteiger partial charge on any atom is -0.479 e. The average molecular weight is 549 g/mol. The van der Waals surface area contributed by atoms with Crippen LogP contribution in [0.4, 0.5) is 24.7 Å². The number of halogens is 3. The second-order valence-electron chi connectivity index (χ2n) is 10.4. The van der Waals surface area contributed by atoms with E-state index < -0.39 is 28.9 Å². The Morgan fingerprint density at radius 1 is 1.18 bits per heavy atom. The van der Waals surface area contributed by atoms with E-state index in [0.717, 1.165) is 51.8 Å². The molecule has 2 N–H and O–H groups in total. The molecule has 11 heteroatoms. The van der Waals surface area contributed by atoms with Crippen molar-refractivity contribution in [1.82, 2.24) is 15.2 Å². The number of aliphatic imine (C=N–C) groups is 2. The van der Waals surface area contributed by atoms with Crippen molar-refractivity contribution in [2.24, 2.45) is 9.98 Å². The summed E-state index contributed by atoms with van der Waals surface area (Å²) in [7, 11) is 3.10. The third-order valence-corrected chi connectivity index (χ3v) is 7.11. The number of piperazine rings is 1. The lowest BCUT2D eigenvalue weighted by Crippen LogP contribution is -2.49. The molecule has 1 saturated heterocycles. The van der Waals surface area contributed by atoms with E-state index >= 15 is 4.39 Å². The van der Waals surface area contributed by atoms with Gasteiger partial charge in [0, 0.05) is 44.8 Å². The first kappa shape index (κ1) is 30.4. The number of pyridine rings is 1. The van der Waals surface area contributed by atoms with Gasteiger partial charge in [0.1, 0.15) is 22.9 Å². The molecule has 0 amide bonds. The maximum Gasteiger partial charge on any atom is 0.303 e. The maximum atomic E-state index is 15.4. The van der Waals surface area contributed by atoms with E-state index in [1.165, 1.54) is 19.2 Å². The number of anilines is 1. The first-order valence-electron chi connectivity index (χ1n) is 12.9. The molecular weight excluding hydrogens is 509 g/mol. The molecule has 1 aliphatic heterocycles. The fourth-order valence-electron chi connectivity index (χ4n) is 4.63. The summed E-state index contributed by atoms with van der Waals surface area (Å²) in [6.07, 6.45) is 0. The molecule has 1 aromatic heterocycles. The quantitative estimate of drug-likeness (QED) is 0.350. The number of amidine groups is 1. The molecule has 39 heavy (non-hydrogen) atoms. The summed E-state index contributed by atoms with van der Waals surface area (Å²) >= 11 is 0. The van der Waals surface area contributed by atoms with Gasteiger partial charge in [-0.25, -0.2) is 9.38 Å². The van der Waals surface area contributed by atoms with Crippen LogP contribution in [0.5, 0.6) is 5.88 Å². The van der Waals surface area contributed by atoms with Crippen LogP contribution in [0.1, 0.15) is 57.4 Å². The van der Waals surface area contributed by atoms with Gasteiger partial charge in [0.15, 0.2) is 5.82 Å². The Morgan fingerprint density at radius 2 is 1.82 bits per heavy atom. The van der Waals surface area contributed by atoms with Crippen molar-refractivity contribution in [3.8, 4) is 5.88 Å². The monoisotopic (exact) mass is 548 g/mol. The first-order valence-corrected chi connectivity index (χ1v) is 12.9. The first-order chi connectivity index (χ1) is 18.3. The number of hydrogen-bond donors (Lipinski definition) is 2. The van der Waals surface area contributed by atoms with Crippen LogP contribution in [-0.2, 0) is 5.92 Å². The van der Waals surface area contributed by atoms with Crippen LogP contribution in [-0.4, -0.2) is 79.5 Å². The topological polar surface area (TPSA) is 85.6 Å². The summed E-state index contributed by atoms with van der Waals surface area (Å²) in [5.74, 6) is -3.90. The number of nitrogens with zero attached hydrogens (tertiary/aromatic N) is 5. The summed E-state index contributed by atoms with van der Waals surface area (Å²) < 4.78 is 50.7. The fraction of sp³-hybridized carbons (Fsp3) is 0.536. The molecule has 0 radical (unpaired) electrons. The number of methoxy groups -OCH3 is 1. The third kappa shape index (κ3) is 6.19. The largest absolute Gasteiger partial charge is 0.479 e. The summed E-state index contributed by atoms with van der Waals surface area (Å²) in [5, 5.41) is 13.1. The number of alkyl halides is 2. The number of benzene rings is 1. The molecule has 1 aromatic carbocycles. The molecule has 0 unspecified atom stereocenters. The highest BCUT2D eigenvalue weighted by atomic mass is 19.3. The van der Waals surface area contributed by atoms with Gasteiger partial charge in [0.25, 0.3) is 0 Å². The lowest BCUT2D eigenvalue weighted by Gasteiger charge is -2.38. The molecule has 1 atom stereocenters. The van der Waals surface area contributed by atoms with Gasteiger partial charge < -0.3 is 20.1 Å². The Balaban J connectivity index is 1.97. The molecular formula is C28H39F3N6O2. The molecule has 1 aliphatic rings. The molecule has 0 spiro atoms. The molecule has 2 aromatic rings. The summed E-state index contributed by atoms with van der Waals surface area (Å²) in [6.45, 7) is 14.8. The summed E-state index contributed by atoms with van der Waals surface area (Å²) in [6, 6.07) is 5.29. The Labute approximate surface area is 228 Å². The zero-order valence-electron chi connectivity index (χ0n) is 23.7. The highest BCUT2D eigenvalue weighted by Crippen LogP contribution is 2.41. The number of ether oxygens (including phenoxy) is 1. The van der Waals surface area contributed by atoms with Gasteiger partial charge >= 0.3 is 5.92 Å². The van der Waals surface area contributed by atoms with Crippen LogP contribution < -0.4 is 15.0 Å². The van der Waals surface area contributed by atoms with Gasteiger partial charge in [-0.05, 0) is 53.5 Å². The summed E-state index contributed by atoms with van der Waals surface area (Å²) in [4.78, 5) is 17.5. The molecule has 8 nitrogen and oxygen atoms in total. The standard InChI is InChI=1S/C28H39F3N6O2/c1-17(2)36-12-14-37(15-13-36)22-16-20(25(33-7)35-26(22)39-8)24(32-6)34-18(3)19-10-9-11-21(23(19)29)28(30,31)27(4,5)38/h9-11,16-18,38H,7,12-15H2,1-6,8H3,(H,32,34)/t18-/m1/s1. The van der Waals surface area contributed by atoms with E-state index in [1.807, 2.05) is 6.07 Å². The van der Waals surface area contributed by atoms with E-state index in [4.69, 9.17) is 4.74 Å². The van der Waals surface area contributed by atoms with Crippen molar-refractivity contribution in [3.63, 3.8) is 0 Å². The van der Waals surface area contributed by atoms with Crippen LogP contribution in [0, 0.1) is 5.82 Å². The van der Waals surface area contributed by atoms with Crippen LogP contribution in [0.2, 0.25) is 0 Å². The number of nitrogens with one attached hydrogen (secondary N) is 1. The lowest BCUT2D eigenvalue weighted by molar-refractivity contribution is -0.170. The molecule has 3 rings (SSSR count). The van der Waals surface area contributed by atoms with Gasteiger partial charge in [-0.15, -0.1) is 0 Å². The van der Waals surface area contributed by atoms with E-state index in [-0.39, 0.29) is 11.4 Å². The Hall–Kier alpha value is -3.18. The molecule has 214 valence electrons. The number of aliphatic hydroxyl groups is 1. The second kappa shape index (κ2) is 11.9. The number of aromatic nitrogens is 1. The zero-order valence-corrected chi connectivity index (χ0v) is 23.7. The minimum absolute atomic E-state index is 0.00260. The van der Waals surface area contributed by atoms with Gasteiger partial charge in [-0.1, -0.05) is 12.1 Å². The molecule has 0 saturated carbocycles. The molecule has 0 bridgehead atoms. The predicted molar refractivity (Wildman–Crippen MR) is 150 cm³/mol. The van der Waals surface area contributed by atoms with Crippen molar-refractivity contribution < 1.29 is 23.0 Å². The maximum absolute atomic E-state index is 15.4. The van der Waals surface area contributed by atoms with Crippen LogP contribution in [0.15, 0.2) is 34.3 Å². The normalized spacial score (nSPS) is 16.4. The summed E-state index contributed by atoms with van der Waals surface area (Å²) in [5.41, 5.74) is -2.05. The second-order valence-corrected chi connectivity index (χ2v) is 10.4. The van der Waals surface area contributed by atoms with Gasteiger partial charge in [0.2, 0.25) is 5.88 Å². The lowest BCUT2D eigenvalue weighted by atomic mass is 9.91. The number of hydrogen-bond acceptors (Lipinski definition) is 7. The van der Waals surface area contributed by atoms with E-state index in [2.05, 4.69) is 50.7 Å². The number of rotatable bonds is 9. The van der Waals surface area contributed by atoms with E-state index in [9.17, 15) is 13.9 Å².